The standard InChI is InChI=1S/C29H30ClN3O6S/c1-6-26(27(34)31-22-13-18(30)9-12-23(22)37-3)40-29-32-21-15-25(39-5)24(38-4)14-20(21)28(35)33(29)16-17-7-10-19(36-2)11-8-17/h7-15,26H,6,16H2,1-5H3,(H,31,34)/t26-/m1/s1. The fourth-order valence-corrected chi connectivity index (χ4v) is 5.30. The van der Waals surface area contributed by atoms with Crippen LogP contribution in [0.3, 0.4) is 0 Å². The topological polar surface area (TPSA) is 101 Å². The molecule has 40 heavy (non-hydrogen) atoms. The molecule has 0 aliphatic heterocycles. The maximum atomic E-state index is 13.9. The average molecular weight is 584 g/mol. The fraction of sp³-hybridized carbons (Fsp3) is 0.276. The highest BCUT2D eigenvalue weighted by molar-refractivity contribution is 8.00. The number of carbonyl (C=O) groups excluding carboxylic acids is 1. The SMILES string of the molecule is CC[C@@H](Sc1nc2cc(OC)c(OC)cc2c(=O)n1Cc1ccc(OC)cc1)C(=O)Nc1cc(Cl)ccc1OC. The Bertz CT molecular complexity index is 1580. The van der Waals surface area contributed by atoms with Gasteiger partial charge in [0.05, 0.1) is 56.8 Å². The predicted octanol–water partition coefficient (Wildman–Crippen LogP) is 5.64. The number of amides is 1. The summed E-state index contributed by atoms with van der Waals surface area (Å²) in [6.07, 6.45) is 0.474. The molecule has 210 valence electrons. The van der Waals surface area contributed by atoms with Gasteiger partial charge in [-0.15, -0.1) is 0 Å². The van der Waals surface area contributed by atoms with E-state index in [1.54, 1.807) is 42.0 Å². The van der Waals surface area contributed by atoms with Crippen LogP contribution in [0.15, 0.2) is 64.5 Å². The van der Waals surface area contributed by atoms with Gasteiger partial charge in [0.15, 0.2) is 16.7 Å². The number of hydrogen-bond donors (Lipinski definition) is 1. The second-order valence-corrected chi connectivity index (χ2v) is 10.3. The zero-order chi connectivity index (χ0) is 28.8. The van der Waals surface area contributed by atoms with Gasteiger partial charge in [0.1, 0.15) is 11.5 Å². The first-order valence-corrected chi connectivity index (χ1v) is 13.7. The van der Waals surface area contributed by atoms with Crippen molar-refractivity contribution in [1.82, 2.24) is 9.55 Å². The Morgan fingerprint density at radius 2 is 1.62 bits per heavy atom. The number of methoxy groups -OCH3 is 4. The summed E-state index contributed by atoms with van der Waals surface area (Å²) in [6.45, 7) is 2.13. The van der Waals surface area contributed by atoms with Gasteiger partial charge in [-0.2, -0.15) is 0 Å². The number of thioether (sulfide) groups is 1. The molecule has 0 aliphatic carbocycles. The maximum Gasteiger partial charge on any atom is 0.262 e. The number of nitrogens with zero attached hydrogens (tertiary/aromatic N) is 2. The number of carbonyl (C=O) groups is 1. The van der Waals surface area contributed by atoms with Gasteiger partial charge in [-0.05, 0) is 48.4 Å². The maximum absolute atomic E-state index is 13.9. The van der Waals surface area contributed by atoms with Crippen LogP contribution in [0.25, 0.3) is 10.9 Å². The number of anilines is 1. The van der Waals surface area contributed by atoms with Crippen molar-refractivity contribution in [2.75, 3.05) is 33.8 Å². The van der Waals surface area contributed by atoms with Crippen LogP contribution in [-0.2, 0) is 11.3 Å². The number of ether oxygens (including phenoxy) is 4. The molecular formula is C29H30ClN3O6S. The van der Waals surface area contributed by atoms with Crippen molar-refractivity contribution in [2.24, 2.45) is 0 Å². The van der Waals surface area contributed by atoms with Crippen molar-refractivity contribution >= 4 is 45.9 Å². The van der Waals surface area contributed by atoms with E-state index in [0.717, 1.165) is 5.56 Å². The molecule has 1 N–H and O–H groups in total. The third-order valence-corrected chi connectivity index (χ3v) is 7.84. The number of rotatable bonds is 11. The van der Waals surface area contributed by atoms with Crippen molar-refractivity contribution in [2.45, 2.75) is 30.3 Å². The largest absolute Gasteiger partial charge is 0.497 e. The zero-order valence-corrected chi connectivity index (χ0v) is 24.4. The Morgan fingerprint density at radius 1 is 0.950 bits per heavy atom. The van der Waals surface area contributed by atoms with Crippen molar-refractivity contribution in [1.29, 1.82) is 0 Å². The molecule has 0 radical (unpaired) electrons. The van der Waals surface area contributed by atoms with E-state index < -0.39 is 5.25 Å². The first kappa shape index (κ1) is 29.1. The Morgan fingerprint density at radius 3 is 2.25 bits per heavy atom. The van der Waals surface area contributed by atoms with E-state index in [1.165, 1.54) is 33.1 Å². The third-order valence-electron chi connectivity index (χ3n) is 6.25. The monoisotopic (exact) mass is 583 g/mol. The van der Waals surface area contributed by atoms with Crippen LogP contribution in [0.4, 0.5) is 5.69 Å². The molecule has 9 nitrogen and oxygen atoms in total. The lowest BCUT2D eigenvalue weighted by atomic mass is 10.2. The normalized spacial score (nSPS) is 11.7. The van der Waals surface area contributed by atoms with Gasteiger partial charge in [-0.3, -0.25) is 14.2 Å². The minimum Gasteiger partial charge on any atom is -0.497 e. The minimum absolute atomic E-state index is 0.239. The van der Waals surface area contributed by atoms with E-state index in [-0.39, 0.29) is 18.0 Å². The Labute approximate surface area is 241 Å². The van der Waals surface area contributed by atoms with Crippen LogP contribution in [0, 0.1) is 0 Å². The quantitative estimate of drug-likeness (QED) is 0.179. The van der Waals surface area contributed by atoms with E-state index in [2.05, 4.69) is 5.32 Å². The van der Waals surface area contributed by atoms with Gasteiger partial charge in [0.2, 0.25) is 5.91 Å². The summed E-state index contributed by atoms with van der Waals surface area (Å²) in [6, 6.07) is 15.7. The number of hydrogen-bond acceptors (Lipinski definition) is 8. The lowest BCUT2D eigenvalue weighted by Gasteiger charge is -2.19. The number of halogens is 1. The van der Waals surface area contributed by atoms with Gasteiger partial charge in [0, 0.05) is 11.1 Å². The van der Waals surface area contributed by atoms with Gasteiger partial charge in [0.25, 0.3) is 5.56 Å². The van der Waals surface area contributed by atoms with Crippen molar-refractivity contribution in [3.05, 3.63) is 75.5 Å². The summed E-state index contributed by atoms with van der Waals surface area (Å²) >= 11 is 7.36. The lowest BCUT2D eigenvalue weighted by molar-refractivity contribution is -0.115. The van der Waals surface area contributed by atoms with E-state index in [9.17, 15) is 9.59 Å². The molecule has 1 amide bonds. The van der Waals surface area contributed by atoms with Crippen LogP contribution in [0.2, 0.25) is 5.02 Å². The van der Waals surface area contributed by atoms with Crippen LogP contribution < -0.4 is 29.8 Å². The summed E-state index contributed by atoms with van der Waals surface area (Å²) < 4.78 is 23.1. The van der Waals surface area contributed by atoms with Crippen LogP contribution in [0.5, 0.6) is 23.0 Å². The first-order chi connectivity index (χ1) is 19.3. The summed E-state index contributed by atoms with van der Waals surface area (Å²) in [5.41, 5.74) is 1.49. The number of nitrogens with one attached hydrogen (secondary N) is 1. The second kappa shape index (κ2) is 13.0. The molecule has 3 aromatic carbocycles. The molecule has 0 unspecified atom stereocenters. The van der Waals surface area contributed by atoms with Crippen molar-refractivity contribution < 1.29 is 23.7 Å². The zero-order valence-electron chi connectivity index (χ0n) is 22.8. The minimum atomic E-state index is -0.574. The molecule has 0 fully saturated rings. The van der Waals surface area contributed by atoms with E-state index in [0.29, 0.717) is 56.2 Å². The molecule has 1 atom stereocenters. The molecule has 0 saturated heterocycles. The molecule has 1 heterocycles. The average Bonchev–Trinajstić information content (AvgIpc) is 2.97. The van der Waals surface area contributed by atoms with Gasteiger partial charge in [-0.25, -0.2) is 4.98 Å². The summed E-state index contributed by atoms with van der Waals surface area (Å²) in [5, 5.41) is 3.56. The van der Waals surface area contributed by atoms with Crippen LogP contribution in [0.1, 0.15) is 18.9 Å². The van der Waals surface area contributed by atoms with Crippen LogP contribution >= 0.6 is 23.4 Å². The summed E-state index contributed by atoms with van der Waals surface area (Å²) in [7, 11) is 6.14. The molecule has 0 aliphatic rings. The molecule has 4 rings (SSSR count). The van der Waals surface area contributed by atoms with E-state index in [1.807, 2.05) is 31.2 Å². The Kier molecular flexibility index (Phi) is 9.44. The van der Waals surface area contributed by atoms with Crippen molar-refractivity contribution in [3.63, 3.8) is 0 Å². The van der Waals surface area contributed by atoms with Gasteiger partial charge < -0.3 is 24.3 Å². The fourth-order valence-electron chi connectivity index (χ4n) is 4.11. The van der Waals surface area contributed by atoms with Crippen LogP contribution in [-0.4, -0.2) is 49.1 Å². The second-order valence-electron chi connectivity index (χ2n) is 8.71. The molecule has 4 aromatic rings. The molecule has 0 saturated carbocycles. The molecule has 0 bridgehead atoms. The van der Waals surface area contributed by atoms with E-state index >= 15 is 0 Å². The highest BCUT2D eigenvalue weighted by Gasteiger charge is 2.24. The summed E-state index contributed by atoms with van der Waals surface area (Å²) in [4.78, 5) is 32.1. The third kappa shape index (κ3) is 6.29. The molecule has 0 spiro atoms. The Hall–Kier alpha value is -3.89. The highest BCUT2D eigenvalue weighted by atomic mass is 35.5. The van der Waals surface area contributed by atoms with Crippen molar-refractivity contribution in [3.8, 4) is 23.0 Å². The smallest absolute Gasteiger partial charge is 0.262 e. The number of benzene rings is 3. The highest BCUT2D eigenvalue weighted by Crippen LogP contribution is 2.33. The van der Waals surface area contributed by atoms with E-state index in [4.69, 9.17) is 35.5 Å². The molecular weight excluding hydrogens is 554 g/mol. The predicted molar refractivity (Wildman–Crippen MR) is 158 cm³/mol. The molecule has 1 aromatic heterocycles. The van der Waals surface area contributed by atoms with Gasteiger partial charge >= 0.3 is 0 Å². The molecule has 11 heteroatoms. The first-order valence-electron chi connectivity index (χ1n) is 12.4. The Balaban J connectivity index is 1.77. The summed E-state index contributed by atoms with van der Waals surface area (Å²) in [5.74, 6) is 1.79. The number of fused-ring (bicyclic) bond motifs is 1. The lowest BCUT2D eigenvalue weighted by Crippen LogP contribution is -2.28. The number of aromatic nitrogens is 2. The van der Waals surface area contributed by atoms with Gasteiger partial charge in [-0.1, -0.05) is 42.4 Å².